The molecule has 0 spiro atoms. The summed E-state index contributed by atoms with van der Waals surface area (Å²) in [6.45, 7) is 4.05. The van der Waals surface area contributed by atoms with Crippen LogP contribution in [0.3, 0.4) is 0 Å². The summed E-state index contributed by atoms with van der Waals surface area (Å²) in [5.74, 6) is 0.241. The maximum atomic E-state index is 13.0. The second-order valence-corrected chi connectivity index (χ2v) is 6.61. The van der Waals surface area contributed by atoms with Crippen LogP contribution in [0.1, 0.15) is 45.1 Å². The van der Waals surface area contributed by atoms with Crippen molar-refractivity contribution < 1.29 is 19.1 Å². The monoisotopic (exact) mass is 382 g/mol. The van der Waals surface area contributed by atoms with Crippen LogP contribution < -0.4 is 9.47 Å². The first-order valence-electron chi connectivity index (χ1n) is 9.39. The minimum absolute atomic E-state index is 0.0156. The number of nitriles is 1. The highest BCUT2D eigenvalue weighted by Crippen LogP contribution is 2.31. The normalized spacial score (nSPS) is 15.8. The average Bonchev–Trinajstić information content (AvgIpc) is 2.70. The molecule has 2 rings (SSSR count). The second-order valence-electron chi connectivity index (χ2n) is 6.61. The van der Waals surface area contributed by atoms with Crippen molar-refractivity contribution in [2.75, 3.05) is 20.8 Å². The SMILES string of the molecule is CCCCCCN1C(=O)C(=Cc2ccc(OC)c(OC)c2)C(C)=C(C#N)C1=O. The topological polar surface area (TPSA) is 79.6 Å². The molecule has 0 aliphatic carbocycles. The second kappa shape index (κ2) is 9.75. The summed E-state index contributed by atoms with van der Waals surface area (Å²) >= 11 is 0. The van der Waals surface area contributed by atoms with Gasteiger partial charge in [0.15, 0.2) is 11.5 Å². The Morgan fingerprint density at radius 2 is 1.79 bits per heavy atom. The van der Waals surface area contributed by atoms with Crippen molar-refractivity contribution in [2.24, 2.45) is 0 Å². The lowest BCUT2D eigenvalue weighted by molar-refractivity contribution is -0.140. The number of carbonyl (C=O) groups is 2. The molecule has 0 N–H and O–H groups in total. The van der Waals surface area contributed by atoms with Crippen LogP contribution in [-0.2, 0) is 9.59 Å². The van der Waals surface area contributed by atoms with Crippen LogP contribution in [0.2, 0.25) is 0 Å². The van der Waals surface area contributed by atoms with Crippen LogP contribution in [0, 0.1) is 11.3 Å². The van der Waals surface area contributed by atoms with Crippen molar-refractivity contribution in [2.45, 2.75) is 39.5 Å². The van der Waals surface area contributed by atoms with Gasteiger partial charge in [-0.15, -0.1) is 0 Å². The number of imide groups is 1. The Kier molecular flexibility index (Phi) is 7.39. The molecular formula is C22H26N2O4. The van der Waals surface area contributed by atoms with E-state index in [0.29, 0.717) is 29.2 Å². The molecule has 1 heterocycles. The zero-order valence-electron chi connectivity index (χ0n) is 16.9. The van der Waals surface area contributed by atoms with E-state index >= 15 is 0 Å². The summed E-state index contributed by atoms with van der Waals surface area (Å²) in [6, 6.07) is 7.25. The Morgan fingerprint density at radius 1 is 1.07 bits per heavy atom. The number of hydrogen-bond donors (Lipinski definition) is 0. The van der Waals surface area contributed by atoms with E-state index in [9.17, 15) is 14.9 Å². The van der Waals surface area contributed by atoms with Crippen LogP contribution in [0.4, 0.5) is 0 Å². The Balaban J connectivity index is 2.42. The van der Waals surface area contributed by atoms with Gasteiger partial charge < -0.3 is 9.47 Å². The standard InChI is InChI=1S/C22H26N2O4/c1-5-6-7-8-11-24-21(25)17(15(2)18(14-23)22(24)26)12-16-9-10-19(27-3)20(13-16)28-4/h9-10,12-13H,5-8,11H2,1-4H3. The Bertz CT molecular complexity index is 862. The molecule has 0 saturated carbocycles. The summed E-state index contributed by atoms with van der Waals surface area (Å²) in [5.41, 5.74) is 1.48. The third-order valence-electron chi connectivity index (χ3n) is 4.78. The Morgan fingerprint density at radius 3 is 2.39 bits per heavy atom. The summed E-state index contributed by atoms with van der Waals surface area (Å²) in [5, 5.41) is 9.45. The van der Waals surface area contributed by atoms with Crippen LogP contribution in [0.25, 0.3) is 6.08 Å². The molecule has 28 heavy (non-hydrogen) atoms. The van der Waals surface area contributed by atoms with E-state index in [1.807, 2.05) is 6.07 Å². The highest BCUT2D eigenvalue weighted by molar-refractivity contribution is 6.19. The van der Waals surface area contributed by atoms with Gasteiger partial charge in [-0.05, 0) is 42.7 Å². The Labute approximate surface area is 166 Å². The lowest BCUT2D eigenvalue weighted by Gasteiger charge is -2.27. The van der Waals surface area contributed by atoms with E-state index in [1.54, 1.807) is 38.3 Å². The predicted octanol–water partition coefficient (Wildman–Crippen LogP) is 3.88. The number of carbonyl (C=O) groups excluding carboxylic acids is 2. The number of nitrogens with zero attached hydrogens (tertiary/aromatic N) is 2. The zero-order valence-corrected chi connectivity index (χ0v) is 16.9. The van der Waals surface area contributed by atoms with E-state index in [2.05, 4.69) is 6.92 Å². The number of rotatable bonds is 8. The molecule has 148 valence electrons. The summed E-state index contributed by atoms with van der Waals surface area (Å²) in [7, 11) is 3.09. The first kappa shape index (κ1) is 21.2. The van der Waals surface area contributed by atoms with Crippen molar-refractivity contribution in [1.29, 1.82) is 5.26 Å². The van der Waals surface area contributed by atoms with Crippen LogP contribution >= 0.6 is 0 Å². The highest BCUT2D eigenvalue weighted by atomic mass is 16.5. The van der Waals surface area contributed by atoms with Gasteiger partial charge in [0.1, 0.15) is 11.6 Å². The molecule has 0 radical (unpaired) electrons. The molecule has 0 fully saturated rings. The van der Waals surface area contributed by atoms with Gasteiger partial charge >= 0.3 is 0 Å². The quantitative estimate of drug-likeness (QED) is 0.387. The van der Waals surface area contributed by atoms with Gasteiger partial charge in [-0.3, -0.25) is 14.5 Å². The number of amides is 2. The number of ether oxygens (including phenoxy) is 2. The summed E-state index contributed by atoms with van der Waals surface area (Å²) in [4.78, 5) is 26.8. The highest BCUT2D eigenvalue weighted by Gasteiger charge is 2.35. The molecule has 1 aromatic rings. The molecular weight excluding hydrogens is 356 g/mol. The fourth-order valence-electron chi connectivity index (χ4n) is 3.14. The van der Waals surface area contributed by atoms with E-state index in [4.69, 9.17) is 9.47 Å². The van der Waals surface area contributed by atoms with E-state index in [1.165, 1.54) is 12.0 Å². The Hall–Kier alpha value is -3.07. The maximum absolute atomic E-state index is 13.0. The molecule has 6 nitrogen and oxygen atoms in total. The van der Waals surface area contributed by atoms with Crippen molar-refractivity contribution in [1.82, 2.24) is 4.90 Å². The third-order valence-corrected chi connectivity index (χ3v) is 4.78. The lowest BCUT2D eigenvalue weighted by Crippen LogP contribution is -2.43. The molecule has 0 aromatic heterocycles. The molecule has 1 aromatic carbocycles. The smallest absolute Gasteiger partial charge is 0.271 e. The molecule has 6 heteroatoms. The molecule has 1 aliphatic heterocycles. The van der Waals surface area contributed by atoms with Crippen LogP contribution in [0.15, 0.2) is 34.9 Å². The first-order chi connectivity index (χ1) is 13.5. The molecule has 0 saturated heterocycles. The molecule has 0 atom stereocenters. The molecule has 2 amide bonds. The maximum Gasteiger partial charge on any atom is 0.271 e. The van der Waals surface area contributed by atoms with Gasteiger partial charge in [-0.25, -0.2) is 0 Å². The first-order valence-corrected chi connectivity index (χ1v) is 9.39. The largest absolute Gasteiger partial charge is 0.493 e. The fourth-order valence-corrected chi connectivity index (χ4v) is 3.14. The van der Waals surface area contributed by atoms with Gasteiger partial charge in [0.05, 0.1) is 14.2 Å². The number of benzene rings is 1. The van der Waals surface area contributed by atoms with Crippen molar-refractivity contribution >= 4 is 17.9 Å². The molecule has 1 aliphatic rings. The van der Waals surface area contributed by atoms with Gasteiger partial charge in [0, 0.05) is 12.1 Å². The van der Waals surface area contributed by atoms with Crippen LogP contribution in [-0.4, -0.2) is 37.5 Å². The minimum Gasteiger partial charge on any atom is -0.493 e. The van der Waals surface area contributed by atoms with Crippen molar-refractivity contribution in [3.05, 3.63) is 40.5 Å². The van der Waals surface area contributed by atoms with Gasteiger partial charge in [-0.1, -0.05) is 32.3 Å². The van der Waals surface area contributed by atoms with Crippen LogP contribution in [0.5, 0.6) is 11.5 Å². The predicted molar refractivity (Wildman–Crippen MR) is 107 cm³/mol. The van der Waals surface area contributed by atoms with Crippen molar-refractivity contribution in [3.8, 4) is 17.6 Å². The van der Waals surface area contributed by atoms with Gasteiger partial charge in [-0.2, -0.15) is 5.26 Å². The van der Waals surface area contributed by atoms with Gasteiger partial charge in [0.25, 0.3) is 11.8 Å². The third kappa shape index (κ3) is 4.42. The minimum atomic E-state index is -0.508. The zero-order chi connectivity index (χ0) is 20.7. The summed E-state index contributed by atoms with van der Waals surface area (Å²) in [6.07, 6.45) is 5.46. The van der Waals surface area contributed by atoms with Crippen molar-refractivity contribution in [3.63, 3.8) is 0 Å². The average molecular weight is 382 g/mol. The molecule has 0 unspecified atom stereocenters. The number of unbranched alkanes of at least 4 members (excludes halogenated alkanes) is 3. The van der Waals surface area contributed by atoms with E-state index in [-0.39, 0.29) is 11.5 Å². The van der Waals surface area contributed by atoms with Gasteiger partial charge in [0.2, 0.25) is 0 Å². The number of hydrogen-bond acceptors (Lipinski definition) is 5. The summed E-state index contributed by atoms with van der Waals surface area (Å²) < 4.78 is 10.5. The number of methoxy groups -OCH3 is 2. The molecule has 0 bridgehead atoms. The lowest BCUT2D eigenvalue weighted by atomic mass is 9.93. The fraction of sp³-hybridized carbons (Fsp3) is 0.409. The van der Waals surface area contributed by atoms with E-state index < -0.39 is 5.91 Å². The van der Waals surface area contributed by atoms with E-state index in [0.717, 1.165) is 31.2 Å².